The Kier molecular flexibility index (Phi) is 2.29. The van der Waals surface area contributed by atoms with Crippen molar-refractivity contribution in [3.8, 4) is 0 Å². The lowest BCUT2D eigenvalue weighted by Gasteiger charge is -2.03. The number of rotatable bonds is 2. The van der Waals surface area contributed by atoms with Crippen LogP contribution in [0.5, 0.6) is 0 Å². The van der Waals surface area contributed by atoms with Crippen molar-refractivity contribution >= 4 is 0 Å². The molecule has 1 rings (SSSR count). The number of hydrogen-bond donors (Lipinski definition) is 1. The van der Waals surface area contributed by atoms with Crippen LogP contribution < -0.4 is 5.32 Å². The third kappa shape index (κ3) is 1.83. The summed E-state index contributed by atoms with van der Waals surface area (Å²) in [5.41, 5.74) is 0. The Balaban J connectivity index is 2.21. The van der Waals surface area contributed by atoms with Gasteiger partial charge in [-0.05, 0) is 6.92 Å². The molecule has 52 valence electrons. The highest BCUT2D eigenvalue weighted by Crippen LogP contribution is 2.06. The molecule has 1 aliphatic heterocycles. The van der Waals surface area contributed by atoms with E-state index in [2.05, 4.69) is 18.8 Å². The second kappa shape index (κ2) is 3.02. The van der Waals surface area contributed by atoms with Crippen LogP contribution in [0.25, 0.3) is 0 Å². The fraction of sp³-hybridized carbons (Fsp3) is 0.750. The van der Waals surface area contributed by atoms with Gasteiger partial charge in [-0.25, -0.2) is 0 Å². The van der Waals surface area contributed by atoms with Crippen molar-refractivity contribution in [2.45, 2.75) is 38.3 Å². The minimum Gasteiger partial charge on any atom is -0.341 e. The molecule has 1 saturated heterocycles. The summed E-state index contributed by atoms with van der Waals surface area (Å²) in [6.45, 7) is 6.02. The molecule has 0 saturated carbocycles. The summed E-state index contributed by atoms with van der Waals surface area (Å²) in [7, 11) is 0. The molecule has 0 unspecified atom stereocenters. The van der Waals surface area contributed by atoms with Gasteiger partial charge in [-0.2, -0.15) is 0 Å². The Hall–Kier alpha value is -0.300. The van der Waals surface area contributed by atoms with Crippen LogP contribution in [0, 0.1) is 0 Å². The SMILES string of the molecule is C=CC[C@H]1CC[C@H](C)[NH2+]1. The first kappa shape index (κ1) is 6.81. The van der Waals surface area contributed by atoms with Gasteiger partial charge in [0.2, 0.25) is 0 Å². The topological polar surface area (TPSA) is 16.6 Å². The maximum atomic E-state index is 3.73. The van der Waals surface area contributed by atoms with Gasteiger partial charge in [0.25, 0.3) is 0 Å². The van der Waals surface area contributed by atoms with Crippen molar-refractivity contribution in [2.24, 2.45) is 0 Å². The van der Waals surface area contributed by atoms with Gasteiger partial charge in [0.05, 0.1) is 12.1 Å². The smallest absolute Gasteiger partial charge is 0.0898 e. The third-order valence-corrected chi connectivity index (χ3v) is 2.06. The van der Waals surface area contributed by atoms with Crippen molar-refractivity contribution in [3.63, 3.8) is 0 Å². The Morgan fingerprint density at radius 3 is 2.89 bits per heavy atom. The van der Waals surface area contributed by atoms with Gasteiger partial charge in [0.1, 0.15) is 0 Å². The third-order valence-electron chi connectivity index (χ3n) is 2.06. The average molecular weight is 126 g/mol. The van der Waals surface area contributed by atoms with Crippen LogP contribution in [0.4, 0.5) is 0 Å². The van der Waals surface area contributed by atoms with E-state index in [1.165, 1.54) is 19.3 Å². The lowest BCUT2D eigenvalue weighted by Crippen LogP contribution is -2.90. The van der Waals surface area contributed by atoms with Crippen LogP contribution in [0.15, 0.2) is 12.7 Å². The van der Waals surface area contributed by atoms with E-state index in [0.29, 0.717) is 0 Å². The van der Waals surface area contributed by atoms with Gasteiger partial charge in [0.15, 0.2) is 0 Å². The molecule has 1 heteroatoms. The predicted molar refractivity (Wildman–Crippen MR) is 39.2 cm³/mol. The summed E-state index contributed by atoms with van der Waals surface area (Å²) in [6.07, 6.45) is 5.98. The highest BCUT2D eigenvalue weighted by atomic mass is 15.0. The average Bonchev–Trinajstić information content (AvgIpc) is 2.17. The van der Waals surface area contributed by atoms with E-state index in [0.717, 1.165) is 12.1 Å². The zero-order valence-corrected chi connectivity index (χ0v) is 6.14. The molecule has 0 aromatic rings. The van der Waals surface area contributed by atoms with Gasteiger partial charge >= 0.3 is 0 Å². The molecule has 2 N–H and O–H groups in total. The zero-order chi connectivity index (χ0) is 6.69. The van der Waals surface area contributed by atoms with Gasteiger partial charge < -0.3 is 5.32 Å². The second-order valence-corrected chi connectivity index (χ2v) is 3.03. The Labute approximate surface area is 57.1 Å². The van der Waals surface area contributed by atoms with Crippen LogP contribution >= 0.6 is 0 Å². The monoisotopic (exact) mass is 126 g/mol. The molecule has 0 aromatic carbocycles. The Morgan fingerprint density at radius 2 is 2.44 bits per heavy atom. The van der Waals surface area contributed by atoms with E-state index in [4.69, 9.17) is 0 Å². The van der Waals surface area contributed by atoms with Gasteiger partial charge in [-0.1, -0.05) is 6.08 Å². The van der Waals surface area contributed by atoms with Crippen molar-refractivity contribution in [1.29, 1.82) is 0 Å². The molecule has 1 aliphatic rings. The molecule has 1 heterocycles. The molecule has 0 amide bonds. The maximum Gasteiger partial charge on any atom is 0.0898 e. The van der Waals surface area contributed by atoms with Gasteiger partial charge in [-0.15, -0.1) is 6.58 Å². The van der Waals surface area contributed by atoms with Gasteiger partial charge in [-0.3, -0.25) is 0 Å². The summed E-state index contributed by atoms with van der Waals surface area (Å²) in [6, 6.07) is 1.70. The molecular weight excluding hydrogens is 110 g/mol. The molecule has 2 atom stereocenters. The standard InChI is InChI=1S/C8H15N/c1-3-4-8-6-5-7(2)9-8/h3,7-9H,1,4-6H2,2H3/p+1/t7-,8-/m0/s1. The Bertz CT molecular complexity index is 98.7. The molecule has 1 nitrogen and oxygen atoms in total. The summed E-state index contributed by atoms with van der Waals surface area (Å²) >= 11 is 0. The van der Waals surface area contributed by atoms with E-state index in [-0.39, 0.29) is 0 Å². The van der Waals surface area contributed by atoms with E-state index in [9.17, 15) is 0 Å². The van der Waals surface area contributed by atoms with Crippen LogP contribution in [0.1, 0.15) is 26.2 Å². The van der Waals surface area contributed by atoms with Gasteiger partial charge in [0, 0.05) is 19.3 Å². The summed E-state index contributed by atoms with van der Waals surface area (Å²) in [5.74, 6) is 0. The summed E-state index contributed by atoms with van der Waals surface area (Å²) in [4.78, 5) is 0. The molecule has 9 heavy (non-hydrogen) atoms. The van der Waals surface area contributed by atoms with Crippen molar-refractivity contribution in [2.75, 3.05) is 0 Å². The lowest BCUT2D eigenvalue weighted by molar-refractivity contribution is -0.697. The molecule has 0 bridgehead atoms. The quantitative estimate of drug-likeness (QED) is 0.524. The number of hydrogen-bond acceptors (Lipinski definition) is 0. The second-order valence-electron chi connectivity index (χ2n) is 3.03. The van der Waals surface area contributed by atoms with Crippen LogP contribution in [-0.2, 0) is 0 Å². The first-order chi connectivity index (χ1) is 4.33. The normalized spacial score (nSPS) is 34.8. The maximum absolute atomic E-state index is 3.73. The number of quaternary nitrogens is 1. The molecule has 0 aromatic heterocycles. The minimum atomic E-state index is 0.845. The van der Waals surface area contributed by atoms with E-state index in [1.54, 1.807) is 0 Å². The molecule has 0 spiro atoms. The van der Waals surface area contributed by atoms with Crippen molar-refractivity contribution in [3.05, 3.63) is 12.7 Å². The fourth-order valence-corrected chi connectivity index (χ4v) is 1.54. The van der Waals surface area contributed by atoms with Crippen molar-refractivity contribution in [1.82, 2.24) is 0 Å². The number of nitrogens with two attached hydrogens (primary N) is 1. The molecule has 0 aliphatic carbocycles. The molecule has 0 radical (unpaired) electrons. The Morgan fingerprint density at radius 1 is 1.67 bits per heavy atom. The molecular formula is C8H16N+. The minimum absolute atomic E-state index is 0.845. The fourth-order valence-electron chi connectivity index (χ4n) is 1.54. The van der Waals surface area contributed by atoms with E-state index < -0.39 is 0 Å². The van der Waals surface area contributed by atoms with Crippen LogP contribution in [0.2, 0.25) is 0 Å². The van der Waals surface area contributed by atoms with E-state index in [1.807, 2.05) is 6.08 Å². The zero-order valence-electron chi connectivity index (χ0n) is 6.14. The first-order valence-electron chi connectivity index (χ1n) is 3.79. The largest absolute Gasteiger partial charge is 0.341 e. The van der Waals surface area contributed by atoms with Crippen LogP contribution in [0.3, 0.4) is 0 Å². The highest BCUT2D eigenvalue weighted by molar-refractivity contribution is 4.75. The summed E-state index contributed by atoms with van der Waals surface area (Å²) in [5, 5.41) is 2.46. The highest BCUT2D eigenvalue weighted by Gasteiger charge is 2.22. The first-order valence-corrected chi connectivity index (χ1v) is 3.79. The summed E-state index contributed by atoms with van der Waals surface area (Å²) < 4.78 is 0. The van der Waals surface area contributed by atoms with Crippen molar-refractivity contribution < 1.29 is 5.32 Å². The predicted octanol–water partition coefficient (Wildman–Crippen LogP) is 0.677. The van der Waals surface area contributed by atoms with Crippen LogP contribution in [-0.4, -0.2) is 12.1 Å². The van der Waals surface area contributed by atoms with E-state index >= 15 is 0 Å². The lowest BCUT2D eigenvalue weighted by atomic mass is 10.1. The molecule has 1 fully saturated rings.